The van der Waals surface area contributed by atoms with E-state index in [0.717, 1.165) is 19.6 Å². The van der Waals surface area contributed by atoms with Crippen LogP contribution in [0.1, 0.15) is 11.1 Å². The van der Waals surface area contributed by atoms with Gasteiger partial charge in [-0.3, -0.25) is 0 Å². The Morgan fingerprint density at radius 2 is 1.88 bits per heavy atom. The van der Waals surface area contributed by atoms with Gasteiger partial charge in [0.25, 0.3) is 0 Å². The van der Waals surface area contributed by atoms with Crippen molar-refractivity contribution in [2.75, 3.05) is 11.4 Å². The number of hydrogen-bond acceptors (Lipinski definition) is 2. The summed E-state index contributed by atoms with van der Waals surface area (Å²) in [6.45, 7) is 5.17. The summed E-state index contributed by atoms with van der Waals surface area (Å²) in [4.78, 5) is 2.37. The molecule has 0 fully saturated rings. The van der Waals surface area contributed by atoms with Crippen molar-refractivity contribution >= 4 is 18.2 Å². The van der Waals surface area contributed by atoms with Crippen LogP contribution in [0.3, 0.4) is 0 Å². The first-order valence-corrected chi connectivity index (χ1v) is 5.65. The minimum Gasteiger partial charge on any atom is -0.351 e. The highest BCUT2D eigenvalue weighted by molar-refractivity contribution is 5.85. The van der Waals surface area contributed by atoms with Gasteiger partial charge in [-0.1, -0.05) is 29.8 Å². The molecule has 3 rings (SSSR count). The summed E-state index contributed by atoms with van der Waals surface area (Å²) in [6, 6.07) is 10.8. The lowest BCUT2D eigenvalue weighted by Crippen LogP contribution is -2.19. The van der Waals surface area contributed by atoms with Gasteiger partial charge in [-0.2, -0.15) is 5.10 Å². The van der Waals surface area contributed by atoms with Gasteiger partial charge in [-0.15, -0.1) is 12.4 Å². The second-order valence-corrected chi connectivity index (χ2v) is 4.32. The third-order valence-corrected chi connectivity index (χ3v) is 3.09. The molecular formula is C13H16ClN3. The molecule has 1 aliphatic heterocycles. The van der Waals surface area contributed by atoms with Gasteiger partial charge in [0, 0.05) is 19.2 Å². The Labute approximate surface area is 107 Å². The van der Waals surface area contributed by atoms with Gasteiger partial charge in [0.15, 0.2) is 0 Å². The molecule has 0 atom stereocenters. The van der Waals surface area contributed by atoms with Crippen LogP contribution < -0.4 is 4.90 Å². The van der Waals surface area contributed by atoms with E-state index < -0.39 is 0 Å². The zero-order valence-corrected chi connectivity index (χ0v) is 10.7. The Kier molecular flexibility index (Phi) is 3.38. The maximum atomic E-state index is 4.28. The molecule has 0 N–H and O–H groups in total. The van der Waals surface area contributed by atoms with Gasteiger partial charge in [0.2, 0.25) is 0 Å². The molecule has 1 aromatic heterocycles. The number of aromatic nitrogens is 2. The third-order valence-electron chi connectivity index (χ3n) is 3.09. The predicted molar refractivity (Wildman–Crippen MR) is 71.7 cm³/mol. The molecular weight excluding hydrogens is 234 g/mol. The van der Waals surface area contributed by atoms with Gasteiger partial charge < -0.3 is 4.90 Å². The quantitative estimate of drug-likeness (QED) is 0.816. The Hall–Kier alpha value is -1.48. The van der Waals surface area contributed by atoms with Gasteiger partial charge in [-0.05, 0) is 12.5 Å². The lowest BCUT2D eigenvalue weighted by molar-refractivity contribution is 0.686. The molecule has 0 saturated heterocycles. The van der Waals surface area contributed by atoms with Crippen LogP contribution in [0.2, 0.25) is 0 Å². The average Bonchev–Trinajstić information content (AvgIpc) is 2.86. The minimum atomic E-state index is 0. The Bertz CT molecular complexity index is 490. The van der Waals surface area contributed by atoms with E-state index in [1.54, 1.807) is 0 Å². The molecule has 0 unspecified atom stereocenters. The molecule has 2 heterocycles. The molecule has 0 saturated carbocycles. The van der Waals surface area contributed by atoms with E-state index in [1.165, 1.54) is 16.9 Å². The van der Waals surface area contributed by atoms with Crippen molar-refractivity contribution in [3.8, 4) is 0 Å². The van der Waals surface area contributed by atoms with Crippen molar-refractivity contribution in [3.05, 3.63) is 47.7 Å². The average molecular weight is 250 g/mol. The summed E-state index contributed by atoms with van der Waals surface area (Å²) in [6.07, 6.45) is 1.87. The molecule has 0 radical (unpaired) electrons. The molecule has 90 valence electrons. The molecule has 0 aliphatic carbocycles. The molecule has 0 spiro atoms. The predicted octanol–water partition coefficient (Wildman–Crippen LogP) is 2.63. The van der Waals surface area contributed by atoms with Crippen LogP contribution in [0.5, 0.6) is 0 Å². The summed E-state index contributed by atoms with van der Waals surface area (Å²) >= 11 is 0. The second-order valence-electron chi connectivity index (χ2n) is 4.32. The zero-order chi connectivity index (χ0) is 11.0. The van der Waals surface area contributed by atoms with Crippen molar-refractivity contribution in [2.45, 2.75) is 20.0 Å². The highest BCUT2D eigenvalue weighted by atomic mass is 35.5. The van der Waals surface area contributed by atoms with E-state index in [1.807, 2.05) is 6.20 Å². The summed E-state index contributed by atoms with van der Waals surface area (Å²) in [5.74, 6) is 1.24. The highest BCUT2D eigenvalue weighted by Gasteiger charge is 2.18. The number of halogens is 1. The van der Waals surface area contributed by atoms with E-state index >= 15 is 0 Å². The van der Waals surface area contributed by atoms with Crippen LogP contribution >= 0.6 is 12.4 Å². The van der Waals surface area contributed by atoms with Gasteiger partial charge in [0.05, 0.1) is 12.7 Å². The van der Waals surface area contributed by atoms with Crippen LogP contribution in [0, 0.1) is 6.92 Å². The van der Waals surface area contributed by atoms with E-state index in [2.05, 4.69) is 51.9 Å². The van der Waals surface area contributed by atoms with E-state index in [9.17, 15) is 0 Å². The normalized spacial score (nSPS) is 13.4. The molecule has 17 heavy (non-hydrogen) atoms. The van der Waals surface area contributed by atoms with Crippen molar-refractivity contribution in [1.29, 1.82) is 0 Å². The monoisotopic (exact) mass is 249 g/mol. The first kappa shape index (κ1) is 12.0. The topological polar surface area (TPSA) is 21.1 Å². The van der Waals surface area contributed by atoms with Gasteiger partial charge in [0.1, 0.15) is 5.82 Å². The summed E-state index contributed by atoms with van der Waals surface area (Å²) in [5, 5.41) is 4.28. The van der Waals surface area contributed by atoms with Gasteiger partial charge >= 0.3 is 0 Å². The Balaban J connectivity index is 0.00000108. The Morgan fingerprint density at radius 3 is 2.65 bits per heavy atom. The number of hydrogen-bond donors (Lipinski definition) is 0. The fourth-order valence-corrected chi connectivity index (χ4v) is 2.17. The first-order chi connectivity index (χ1) is 7.83. The van der Waals surface area contributed by atoms with Crippen LogP contribution in [0.4, 0.5) is 5.82 Å². The van der Waals surface area contributed by atoms with Crippen molar-refractivity contribution in [3.63, 3.8) is 0 Å². The molecule has 1 aliphatic rings. The maximum Gasteiger partial charge on any atom is 0.127 e. The summed E-state index contributed by atoms with van der Waals surface area (Å²) in [5.41, 5.74) is 2.68. The Morgan fingerprint density at radius 1 is 1.12 bits per heavy atom. The largest absolute Gasteiger partial charge is 0.351 e. The van der Waals surface area contributed by atoms with E-state index in [4.69, 9.17) is 0 Å². The molecule has 3 nitrogen and oxygen atoms in total. The SMILES string of the molecule is Cc1ccc(CN2CCn3nccc32)cc1.Cl. The highest BCUT2D eigenvalue weighted by Crippen LogP contribution is 2.22. The lowest BCUT2D eigenvalue weighted by Gasteiger charge is -2.16. The molecule has 1 aromatic carbocycles. The van der Waals surface area contributed by atoms with Crippen LogP contribution in [0.15, 0.2) is 36.5 Å². The second kappa shape index (κ2) is 4.80. The fraction of sp³-hybridized carbons (Fsp3) is 0.308. The summed E-state index contributed by atoms with van der Waals surface area (Å²) < 4.78 is 2.06. The minimum absolute atomic E-state index is 0. The van der Waals surface area contributed by atoms with E-state index in [-0.39, 0.29) is 12.4 Å². The number of aryl methyl sites for hydroxylation is 1. The smallest absolute Gasteiger partial charge is 0.127 e. The summed E-state index contributed by atoms with van der Waals surface area (Å²) in [7, 11) is 0. The van der Waals surface area contributed by atoms with Crippen LogP contribution in [-0.4, -0.2) is 16.3 Å². The molecule has 4 heteroatoms. The molecule has 2 aromatic rings. The number of nitrogens with zero attached hydrogens (tertiary/aromatic N) is 3. The third kappa shape index (κ3) is 2.29. The number of fused-ring (bicyclic) bond motifs is 1. The number of rotatable bonds is 2. The van der Waals surface area contributed by atoms with Crippen LogP contribution in [-0.2, 0) is 13.1 Å². The van der Waals surface area contributed by atoms with Crippen molar-refractivity contribution < 1.29 is 0 Å². The molecule has 0 amide bonds. The van der Waals surface area contributed by atoms with Gasteiger partial charge in [-0.25, -0.2) is 4.68 Å². The van der Waals surface area contributed by atoms with Crippen molar-refractivity contribution in [1.82, 2.24) is 9.78 Å². The number of anilines is 1. The zero-order valence-electron chi connectivity index (χ0n) is 9.84. The molecule has 0 bridgehead atoms. The van der Waals surface area contributed by atoms with E-state index in [0.29, 0.717) is 0 Å². The first-order valence-electron chi connectivity index (χ1n) is 5.65. The van der Waals surface area contributed by atoms with Crippen LogP contribution in [0.25, 0.3) is 0 Å². The number of benzene rings is 1. The van der Waals surface area contributed by atoms with Crippen molar-refractivity contribution in [2.24, 2.45) is 0 Å². The fourth-order valence-electron chi connectivity index (χ4n) is 2.17. The maximum absolute atomic E-state index is 4.28. The standard InChI is InChI=1S/C13H15N3.ClH/c1-11-2-4-12(5-3-11)10-15-8-9-16-13(15)6-7-14-16;/h2-7H,8-10H2,1H3;1H. The lowest BCUT2D eigenvalue weighted by atomic mass is 10.1.